The third kappa shape index (κ3) is 5.95. The first-order valence-corrected chi connectivity index (χ1v) is 9.67. The third-order valence-electron chi connectivity index (χ3n) is 4.61. The number of fused-ring (bicyclic) bond motifs is 1. The van der Waals surface area contributed by atoms with Gasteiger partial charge >= 0.3 is 12.1 Å². The number of alkyl halides is 3. The van der Waals surface area contributed by atoms with Gasteiger partial charge in [0.2, 0.25) is 5.78 Å². The molecule has 0 saturated heterocycles. The molecule has 0 N–H and O–H groups in total. The van der Waals surface area contributed by atoms with Crippen LogP contribution in [-0.2, 0) is 22.6 Å². The fourth-order valence-corrected chi connectivity index (χ4v) is 3.14. The zero-order valence-electron chi connectivity index (χ0n) is 16.9. The van der Waals surface area contributed by atoms with Gasteiger partial charge in [-0.25, -0.2) is 4.79 Å². The van der Waals surface area contributed by atoms with Crippen LogP contribution in [0.15, 0.2) is 54.7 Å². The Morgan fingerprint density at radius 3 is 2.47 bits per heavy atom. The van der Waals surface area contributed by atoms with Gasteiger partial charge in [0.1, 0.15) is 6.61 Å². The molecule has 1 heterocycles. The van der Waals surface area contributed by atoms with Crippen molar-refractivity contribution in [3.05, 3.63) is 71.4 Å². The summed E-state index contributed by atoms with van der Waals surface area (Å²) in [5, 5.41) is 9.52. The lowest BCUT2D eigenvalue weighted by molar-refractivity contribution is -0.176. The highest BCUT2D eigenvalue weighted by Crippen LogP contribution is 2.22. The van der Waals surface area contributed by atoms with Gasteiger partial charge in [0, 0.05) is 29.2 Å². The van der Waals surface area contributed by atoms with Crippen LogP contribution in [-0.4, -0.2) is 35.7 Å². The van der Waals surface area contributed by atoms with E-state index in [1.165, 1.54) is 24.3 Å². The Hall–Kier alpha value is -3.64. The number of nitriles is 1. The minimum absolute atomic E-state index is 0.161. The lowest BCUT2D eigenvalue weighted by Crippen LogP contribution is -2.16. The molecule has 32 heavy (non-hydrogen) atoms. The number of ether oxygens (including phenoxy) is 2. The highest BCUT2D eigenvalue weighted by Gasteiger charge is 2.27. The number of halogens is 3. The first kappa shape index (κ1) is 23.0. The van der Waals surface area contributed by atoms with E-state index in [0.29, 0.717) is 29.5 Å². The quantitative estimate of drug-likeness (QED) is 0.354. The summed E-state index contributed by atoms with van der Waals surface area (Å²) in [5.74, 6) is -1.11. The van der Waals surface area contributed by atoms with E-state index in [1.807, 2.05) is 16.7 Å². The van der Waals surface area contributed by atoms with Crippen LogP contribution in [0.25, 0.3) is 10.9 Å². The third-order valence-corrected chi connectivity index (χ3v) is 4.61. The summed E-state index contributed by atoms with van der Waals surface area (Å²) in [6.07, 6.45) is -2.47. The molecule has 0 radical (unpaired) electrons. The molecular weight excluding hydrogens is 425 g/mol. The van der Waals surface area contributed by atoms with Crippen molar-refractivity contribution in [2.45, 2.75) is 25.7 Å². The molecule has 0 aliphatic heterocycles. The minimum Gasteiger partial charge on any atom is -0.454 e. The number of carbonyl (C=O) groups excluding carboxylic acids is 2. The standard InChI is InChI=1S/C23H19F3N2O4/c24-23(25,26)15-31-13-16-6-8-17(9-7-16)22(30)32-14-21(29)19-12-28(11-3-10-27)20-5-2-1-4-18(19)20/h1-2,4-9,12H,3,11,13-15H2. The molecule has 9 heteroatoms. The topological polar surface area (TPSA) is 81.3 Å². The highest BCUT2D eigenvalue weighted by molar-refractivity contribution is 6.09. The minimum atomic E-state index is -4.40. The van der Waals surface area contributed by atoms with E-state index >= 15 is 0 Å². The van der Waals surface area contributed by atoms with Crippen LogP contribution in [0, 0.1) is 11.3 Å². The van der Waals surface area contributed by atoms with E-state index in [9.17, 15) is 22.8 Å². The summed E-state index contributed by atoms with van der Waals surface area (Å²) >= 11 is 0. The lowest BCUT2D eigenvalue weighted by atomic mass is 10.1. The molecular formula is C23H19F3N2O4. The maximum atomic E-state index is 12.7. The van der Waals surface area contributed by atoms with Crippen LogP contribution in [0.2, 0.25) is 0 Å². The van der Waals surface area contributed by atoms with Crippen LogP contribution < -0.4 is 0 Å². The number of aryl methyl sites for hydroxylation is 1. The summed E-state index contributed by atoms with van der Waals surface area (Å²) in [4.78, 5) is 24.9. The molecule has 0 fully saturated rings. The van der Waals surface area contributed by atoms with Crippen molar-refractivity contribution in [2.75, 3.05) is 13.2 Å². The number of nitrogens with zero attached hydrogens (tertiary/aromatic N) is 2. The van der Waals surface area contributed by atoms with Gasteiger partial charge in [0.25, 0.3) is 0 Å². The fourth-order valence-electron chi connectivity index (χ4n) is 3.14. The Morgan fingerprint density at radius 2 is 1.78 bits per heavy atom. The van der Waals surface area contributed by atoms with Crippen molar-refractivity contribution in [1.29, 1.82) is 5.26 Å². The fraction of sp³-hybridized carbons (Fsp3) is 0.261. The largest absolute Gasteiger partial charge is 0.454 e. The molecule has 0 aliphatic carbocycles. The molecule has 0 spiro atoms. The Balaban J connectivity index is 1.60. The van der Waals surface area contributed by atoms with Crippen LogP contribution >= 0.6 is 0 Å². The van der Waals surface area contributed by atoms with Crippen molar-refractivity contribution in [2.24, 2.45) is 0 Å². The van der Waals surface area contributed by atoms with Gasteiger partial charge in [-0.2, -0.15) is 18.4 Å². The number of aromatic nitrogens is 1. The van der Waals surface area contributed by atoms with E-state index in [4.69, 9.17) is 10.00 Å². The molecule has 0 saturated carbocycles. The molecule has 0 unspecified atom stereocenters. The predicted molar refractivity (Wildman–Crippen MR) is 109 cm³/mol. The normalized spacial score (nSPS) is 11.3. The predicted octanol–water partition coefficient (Wildman–Crippen LogP) is 4.67. The second kappa shape index (κ2) is 10.1. The SMILES string of the molecule is N#CCCn1cc(C(=O)COC(=O)c2ccc(COCC(F)(F)F)cc2)c2ccccc21. The number of Topliss-reactive ketones (excluding diaryl/α,β-unsaturated/α-hetero) is 1. The first-order valence-electron chi connectivity index (χ1n) is 9.67. The van der Waals surface area contributed by atoms with Crippen molar-refractivity contribution < 1.29 is 32.2 Å². The number of benzene rings is 2. The van der Waals surface area contributed by atoms with Crippen molar-refractivity contribution in [3.63, 3.8) is 0 Å². The number of carbonyl (C=O) groups is 2. The second-order valence-corrected chi connectivity index (χ2v) is 6.97. The molecule has 0 atom stereocenters. The van der Waals surface area contributed by atoms with Gasteiger partial charge < -0.3 is 14.0 Å². The Morgan fingerprint density at radius 1 is 1.06 bits per heavy atom. The molecule has 0 bridgehead atoms. The van der Waals surface area contributed by atoms with Crippen molar-refractivity contribution in [3.8, 4) is 6.07 Å². The van der Waals surface area contributed by atoms with Gasteiger partial charge in [-0.15, -0.1) is 0 Å². The summed E-state index contributed by atoms with van der Waals surface area (Å²) < 4.78 is 47.8. The highest BCUT2D eigenvalue weighted by atomic mass is 19.4. The average molecular weight is 444 g/mol. The molecule has 6 nitrogen and oxygen atoms in total. The number of hydrogen-bond donors (Lipinski definition) is 0. The first-order chi connectivity index (χ1) is 15.3. The number of esters is 1. The molecule has 1 aromatic heterocycles. The van der Waals surface area contributed by atoms with Gasteiger partial charge in [0.15, 0.2) is 6.61 Å². The summed E-state index contributed by atoms with van der Waals surface area (Å²) in [5.41, 5.74) is 1.82. The number of rotatable bonds is 9. The zero-order chi connectivity index (χ0) is 23.1. The Kier molecular flexibility index (Phi) is 7.28. The van der Waals surface area contributed by atoms with Gasteiger partial charge in [-0.1, -0.05) is 30.3 Å². The molecule has 0 aliphatic rings. The number of hydrogen-bond acceptors (Lipinski definition) is 5. The monoisotopic (exact) mass is 444 g/mol. The summed E-state index contributed by atoms with van der Waals surface area (Å²) in [7, 11) is 0. The van der Waals surface area contributed by atoms with Crippen LogP contribution in [0.4, 0.5) is 13.2 Å². The van der Waals surface area contributed by atoms with Crippen LogP contribution in [0.1, 0.15) is 32.7 Å². The summed E-state index contributed by atoms with van der Waals surface area (Å²) in [6.45, 7) is -1.64. The van der Waals surface area contributed by atoms with Crippen LogP contribution in [0.5, 0.6) is 0 Å². The number of para-hydroxylation sites is 1. The van der Waals surface area contributed by atoms with E-state index in [0.717, 1.165) is 5.52 Å². The van der Waals surface area contributed by atoms with E-state index < -0.39 is 25.4 Å². The van der Waals surface area contributed by atoms with E-state index in [2.05, 4.69) is 10.8 Å². The lowest BCUT2D eigenvalue weighted by Gasteiger charge is -2.08. The summed E-state index contributed by atoms with van der Waals surface area (Å²) in [6, 6.07) is 15.0. The Bertz CT molecular complexity index is 1140. The van der Waals surface area contributed by atoms with E-state index in [-0.39, 0.29) is 18.0 Å². The van der Waals surface area contributed by atoms with Gasteiger partial charge in [0.05, 0.1) is 24.7 Å². The molecule has 3 aromatic rings. The average Bonchev–Trinajstić information content (AvgIpc) is 3.14. The number of ketones is 1. The molecule has 2 aromatic carbocycles. The molecule has 166 valence electrons. The second-order valence-electron chi connectivity index (χ2n) is 6.97. The van der Waals surface area contributed by atoms with Gasteiger partial charge in [-0.05, 0) is 23.8 Å². The molecule has 3 rings (SSSR count). The smallest absolute Gasteiger partial charge is 0.411 e. The zero-order valence-corrected chi connectivity index (χ0v) is 16.9. The maximum Gasteiger partial charge on any atom is 0.411 e. The van der Waals surface area contributed by atoms with E-state index in [1.54, 1.807) is 18.3 Å². The van der Waals surface area contributed by atoms with Crippen molar-refractivity contribution >= 4 is 22.7 Å². The molecule has 0 amide bonds. The van der Waals surface area contributed by atoms with Crippen LogP contribution in [0.3, 0.4) is 0 Å². The maximum absolute atomic E-state index is 12.7. The van der Waals surface area contributed by atoms with Gasteiger partial charge in [-0.3, -0.25) is 4.79 Å². The van der Waals surface area contributed by atoms with Crippen molar-refractivity contribution in [1.82, 2.24) is 4.57 Å². The Labute approximate surface area is 181 Å².